The van der Waals surface area contributed by atoms with Crippen molar-refractivity contribution in [1.82, 2.24) is 9.80 Å². The molecule has 2 unspecified atom stereocenters. The first kappa shape index (κ1) is 13.9. The van der Waals surface area contributed by atoms with Crippen LogP contribution in [0.5, 0.6) is 5.75 Å². The summed E-state index contributed by atoms with van der Waals surface area (Å²) < 4.78 is 5.59. The quantitative estimate of drug-likeness (QED) is 0.898. The van der Waals surface area contributed by atoms with Crippen molar-refractivity contribution < 1.29 is 4.74 Å². The highest BCUT2D eigenvalue weighted by molar-refractivity contribution is 5.41. The molecule has 4 heteroatoms. The zero-order valence-corrected chi connectivity index (χ0v) is 12.5. The van der Waals surface area contributed by atoms with E-state index >= 15 is 0 Å². The predicted octanol–water partition coefficient (Wildman–Crippen LogP) is 1.26. The molecule has 0 aromatic heterocycles. The minimum atomic E-state index is 0.339. The van der Waals surface area contributed by atoms with Gasteiger partial charge in [0.25, 0.3) is 0 Å². The number of ether oxygens (including phenoxy) is 1. The zero-order valence-electron chi connectivity index (χ0n) is 12.5. The molecular formula is C16H25N3O. The Morgan fingerprint density at radius 2 is 2.30 bits per heavy atom. The van der Waals surface area contributed by atoms with Crippen LogP contribution in [0.1, 0.15) is 23.6 Å². The van der Waals surface area contributed by atoms with E-state index < -0.39 is 0 Å². The molecule has 2 aliphatic rings. The van der Waals surface area contributed by atoms with E-state index in [-0.39, 0.29) is 0 Å². The molecule has 4 nitrogen and oxygen atoms in total. The van der Waals surface area contributed by atoms with Crippen LogP contribution in [0.15, 0.2) is 18.2 Å². The summed E-state index contributed by atoms with van der Waals surface area (Å²) in [5.74, 6) is 1.05. The minimum absolute atomic E-state index is 0.339. The molecule has 0 radical (unpaired) electrons. The molecule has 0 amide bonds. The normalized spacial score (nSPS) is 23.9. The Bertz CT molecular complexity index is 475. The molecule has 2 N–H and O–H groups in total. The predicted molar refractivity (Wildman–Crippen MR) is 81.1 cm³/mol. The van der Waals surface area contributed by atoms with Crippen LogP contribution < -0.4 is 10.5 Å². The van der Waals surface area contributed by atoms with Crippen molar-refractivity contribution in [2.45, 2.75) is 24.9 Å². The van der Waals surface area contributed by atoms with E-state index in [2.05, 4.69) is 42.1 Å². The summed E-state index contributed by atoms with van der Waals surface area (Å²) >= 11 is 0. The van der Waals surface area contributed by atoms with Gasteiger partial charge < -0.3 is 15.4 Å². The maximum absolute atomic E-state index is 6.06. The van der Waals surface area contributed by atoms with Gasteiger partial charge >= 0.3 is 0 Å². The van der Waals surface area contributed by atoms with Gasteiger partial charge in [0.15, 0.2) is 0 Å². The second kappa shape index (κ2) is 5.72. The second-order valence-corrected chi connectivity index (χ2v) is 6.12. The van der Waals surface area contributed by atoms with Gasteiger partial charge in [0, 0.05) is 38.1 Å². The molecule has 110 valence electrons. The number of hydrogen-bond acceptors (Lipinski definition) is 4. The van der Waals surface area contributed by atoms with Crippen molar-refractivity contribution in [3.8, 4) is 5.75 Å². The molecule has 3 rings (SSSR count). The Hall–Kier alpha value is -1.10. The fourth-order valence-corrected chi connectivity index (χ4v) is 3.38. The smallest absolute Gasteiger partial charge is 0.122 e. The van der Waals surface area contributed by atoms with Crippen LogP contribution >= 0.6 is 0 Å². The Balaban J connectivity index is 1.77. The van der Waals surface area contributed by atoms with Crippen molar-refractivity contribution in [3.05, 3.63) is 29.3 Å². The lowest BCUT2D eigenvalue weighted by Crippen LogP contribution is -2.36. The summed E-state index contributed by atoms with van der Waals surface area (Å²) in [6, 6.07) is 7.58. The molecule has 1 saturated heterocycles. The van der Waals surface area contributed by atoms with Gasteiger partial charge in [-0.25, -0.2) is 0 Å². The number of likely N-dealkylation sites (N-methyl/N-ethyl adjacent to an activating group) is 1. The van der Waals surface area contributed by atoms with Gasteiger partial charge in [-0.2, -0.15) is 0 Å². The van der Waals surface area contributed by atoms with Gasteiger partial charge in [0.1, 0.15) is 5.75 Å². The zero-order chi connectivity index (χ0) is 14.1. The fraction of sp³-hybridized carbons (Fsp3) is 0.625. The van der Waals surface area contributed by atoms with Gasteiger partial charge in [0.2, 0.25) is 0 Å². The summed E-state index contributed by atoms with van der Waals surface area (Å²) in [6.45, 7) is 3.75. The molecule has 0 aliphatic carbocycles. The Kier molecular flexibility index (Phi) is 3.96. The largest absolute Gasteiger partial charge is 0.493 e. The van der Waals surface area contributed by atoms with Crippen molar-refractivity contribution in [1.29, 1.82) is 0 Å². The van der Waals surface area contributed by atoms with Crippen LogP contribution in [-0.2, 0) is 6.42 Å². The SMILES string of the molecule is CN(C)C1CCN(C(CN)c2ccc3c(c2)CCO3)C1. The summed E-state index contributed by atoms with van der Waals surface area (Å²) in [4.78, 5) is 4.85. The van der Waals surface area contributed by atoms with Crippen LogP contribution in [0.4, 0.5) is 0 Å². The third-order valence-corrected chi connectivity index (χ3v) is 4.69. The molecule has 2 aliphatic heterocycles. The first-order valence-corrected chi connectivity index (χ1v) is 7.55. The summed E-state index contributed by atoms with van der Waals surface area (Å²) in [7, 11) is 4.33. The molecule has 20 heavy (non-hydrogen) atoms. The lowest BCUT2D eigenvalue weighted by Gasteiger charge is -2.28. The van der Waals surface area contributed by atoms with Gasteiger partial charge in [-0.3, -0.25) is 4.90 Å². The monoisotopic (exact) mass is 275 g/mol. The average molecular weight is 275 g/mol. The van der Waals surface area contributed by atoms with E-state index in [9.17, 15) is 0 Å². The topological polar surface area (TPSA) is 41.7 Å². The number of benzene rings is 1. The first-order chi connectivity index (χ1) is 9.69. The average Bonchev–Trinajstić information content (AvgIpc) is 3.07. The van der Waals surface area contributed by atoms with Crippen molar-refractivity contribution >= 4 is 0 Å². The van der Waals surface area contributed by atoms with Crippen molar-refractivity contribution in [2.75, 3.05) is 40.3 Å². The molecule has 2 heterocycles. The number of fused-ring (bicyclic) bond motifs is 1. The summed E-state index contributed by atoms with van der Waals surface area (Å²) in [5.41, 5.74) is 8.75. The molecule has 0 saturated carbocycles. The number of nitrogens with two attached hydrogens (primary N) is 1. The van der Waals surface area contributed by atoms with Crippen LogP contribution in [-0.4, -0.2) is 56.2 Å². The maximum atomic E-state index is 6.06. The number of likely N-dealkylation sites (tertiary alicyclic amines) is 1. The molecule has 1 fully saturated rings. The molecule has 0 bridgehead atoms. The van der Waals surface area contributed by atoms with E-state index in [1.165, 1.54) is 17.5 Å². The van der Waals surface area contributed by atoms with Gasteiger partial charge in [-0.15, -0.1) is 0 Å². The Labute approximate surface area is 121 Å². The summed E-state index contributed by atoms with van der Waals surface area (Å²) in [6.07, 6.45) is 2.26. The Morgan fingerprint density at radius 3 is 3.00 bits per heavy atom. The van der Waals surface area contributed by atoms with E-state index in [0.717, 1.165) is 31.9 Å². The molecule has 2 atom stereocenters. The van der Waals surface area contributed by atoms with Crippen LogP contribution in [0.25, 0.3) is 0 Å². The highest BCUT2D eigenvalue weighted by Gasteiger charge is 2.30. The van der Waals surface area contributed by atoms with Gasteiger partial charge in [-0.1, -0.05) is 12.1 Å². The fourth-order valence-electron chi connectivity index (χ4n) is 3.38. The second-order valence-electron chi connectivity index (χ2n) is 6.12. The van der Waals surface area contributed by atoms with E-state index in [1.54, 1.807) is 0 Å². The van der Waals surface area contributed by atoms with Gasteiger partial charge in [-0.05, 0) is 37.7 Å². The summed E-state index contributed by atoms with van der Waals surface area (Å²) in [5, 5.41) is 0. The molecular weight excluding hydrogens is 250 g/mol. The van der Waals surface area contributed by atoms with Crippen LogP contribution in [0.3, 0.4) is 0 Å². The lowest BCUT2D eigenvalue weighted by atomic mass is 10.0. The maximum Gasteiger partial charge on any atom is 0.122 e. The third kappa shape index (κ3) is 2.55. The Morgan fingerprint density at radius 1 is 1.45 bits per heavy atom. The van der Waals surface area contributed by atoms with E-state index in [0.29, 0.717) is 18.6 Å². The lowest BCUT2D eigenvalue weighted by molar-refractivity contribution is 0.220. The van der Waals surface area contributed by atoms with E-state index in [1.807, 2.05) is 0 Å². The molecule has 0 spiro atoms. The van der Waals surface area contributed by atoms with E-state index in [4.69, 9.17) is 10.5 Å². The van der Waals surface area contributed by atoms with Crippen molar-refractivity contribution in [3.63, 3.8) is 0 Å². The molecule has 1 aromatic carbocycles. The van der Waals surface area contributed by atoms with Crippen molar-refractivity contribution in [2.24, 2.45) is 5.73 Å². The standard InChI is InChI=1S/C16H25N3O/c1-18(2)14-5-7-19(11-14)15(10-17)12-3-4-16-13(9-12)6-8-20-16/h3-4,9,14-15H,5-8,10-11,17H2,1-2H3. The number of rotatable bonds is 4. The number of nitrogens with zero attached hydrogens (tertiary/aromatic N) is 2. The minimum Gasteiger partial charge on any atom is -0.493 e. The number of hydrogen-bond donors (Lipinski definition) is 1. The third-order valence-electron chi connectivity index (χ3n) is 4.69. The molecule has 1 aromatic rings. The van der Waals surface area contributed by atoms with Crippen LogP contribution in [0.2, 0.25) is 0 Å². The highest BCUT2D eigenvalue weighted by atomic mass is 16.5. The van der Waals surface area contributed by atoms with Gasteiger partial charge in [0.05, 0.1) is 6.61 Å². The van der Waals surface area contributed by atoms with Crippen LogP contribution in [0, 0.1) is 0 Å². The highest BCUT2D eigenvalue weighted by Crippen LogP contribution is 2.31. The first-order valence-electron chi connectivity index (χ1n) is 7.55.